The average Bonchev–Trinajstić information content (AvgIpc) is 4.02. The number of carbonyl (C=O) groups excluding carboxylic acids is 2. The van der Waals surface area contributed by atoms with Gasteiger partial charge in [-0.3, -0.25) is 19.1 Å². The van der Waals surface area contributed by atoms with E-state index in [2.05, 4.69) is 84.3 Å². The van der Waals surface area contributed by atoms with Gasteiger partial charge in [-0.05, 0) is 101 Å². The Morgan fingerprint density at radius 2 is 1.38 bits per heavy atom. The fraction of sp³-hybridized carbons (Fsp3) is 0.380. The van der Waals surface area contributed by atoms with Gasteiger partial charge in [-0.2, -0.15) is 0 Å². The lowest BCUT2D eigenvalue weighted by atomic mass is 9.99. The van der Waals surface area contributed by atoms with Gasteiger partial charge in [-0.1, -0.05) is 35.9 Å². The minimum absolute atomic E-state index is 0.106. The van der Waals surface area contributed by atoms with E-state index >= 15 is 0 Å². The van der Waals surface area contributed by atoms with Crippen molar-refractivity contribution in [1.82, 2.24) is 30.0 Å². The van der Waals surface area contributed by atoms with Gasteiger partial charge in [-0.15, -0.1) is 32.9 Å². The Hall–Kier alpha value is -5.26. The number of aliphatic imine (C=N–C) groups is 1. The van der Waals surface area contributed by atoms with E-state index in [1.165, 1.54) is 31.3 Å². The lowest BCUT2D eigenvalue weighted by molar-refractivity contribution is -0.121. The molecule has 0 spiro atoms. The Morgan fingerprint density at radius 1 is 0.712 bits per heavy atom. The van der Waals surface area contributed by atoms with Crippen molar-refractivity contribution in [3.63, 3.8) is 0 Å². The summed E-state index contributed by atoms with van der Waals surface area (Å²) in [5, 5.41) is 18.7. The van der Waals surface area contributed by atoms with E-state index in [1.54, 1.807) is 11.3 Å². The summed E-state index contributed by atoms with van der Waals surface area (Å²) in [7, 11) is 0. The summed E-state index contributed by atoms with van der Waals surface area (Å²) in [6.07, 6.45) is 0.106. The van der Waals surface area contributed by atoms with Gasteiger partial charge in [0.15, 0.2) is 5.82 Å². The molecule has 0 fully saturated rings. The number of ether oxygens (including phenoxy) is 4. The molecule has 346 valence electrons. The van der Waals surface area contributed by atoms with Crippen LogP contribution in [0.1, 0.15) is 73.4 Å². The molecule has 0 bridgehead atoms. The van der Waals surface area contributed by atoms with Crippen LogP contribution < -0.4 is 10.6 Å². The molecular weight excluding hydrogens is 894 g/mol. The number of aromatic nitrogens is 4. The molecule has 0 radical (unpaired) electrons. The third kappa shape index (κ3) is 10.5. The van der Waals surface area contributed by atoms with Crippen molar-refractivity contribution in [2.24, 2.45) is 4.99 Å². The van der Waals surface area contributed by atoms with Crippen molar-refractivity contribution < 1.29 is 28.5 Å². The van der Waals surface area contributed by atoms with E-state index < -0.39 is 6.04 Å². The summed E-state index contributed by atoms with van der Waals surface area (Å²) in [6, 6.07) is 21.9. The topological polar surface area (TPSA) is 143 Å². The van der Waals surface area contributed by atoms with Crippen molar-refractivity contribution >= 4 is 73.6 Å². The summed E-state index contributed by atoms with van der Waals surface area (Å²) in [4.78, 5) is 35.3. The number of hydrogen-bond acceptors (Lipinski definition) is 11. The summed E-state index contributed by atoms with van der Waals surface area (Å²) in [5.41, 5.74) is 9.34. The molecule has 3 aromatic carbocycles. The van der Waals surface area contributed by atoms with Gasteiger partial charge in [0, 0.05) is 77.8 Å². The highest BCUT2D eigenvalue weighted by Crippen LogP contribution is 2.40. The standard InChI is InChI=1S/C50H56ClN7O6S2/c1-7-57-42-15-11-37(27-40(42)39-14-10-36(28-43(39)57)44-26-30(2)32(4)65-44)49(60)53-17-19-62-21-23-64-25-24-63-22-20-61-18-16-52-45(59)29-41-48-56-55-34(6)58(48)50-46(31(3)33(5)66-50)47(54-41)35-8-12-38(51)13-9-35/h8-15,26-28,41H,7,16-25,29H2,1-6H3,(H,52,59)(H,53,60)/t41-/m0/s1. The van der Waals surface area contributed by atoms with Crippen LogP contribution in [0.3, 0.4) is 0 Å². The number of benzene rings is 3. The molecule has 8 rings (SSSR count). The Bertz CT molecular complexity index is 2860. The molecule has 0 unspecified atom stereocenters. The second-order valence-electron chi connectivity index (χ2n) is 16.2. The predicted molar refractivity (Wildman–Crippen MR) is 264 cm³/mol. The highest BCUT2D eigenvalue weighted by atomic mass is 35.5. The number of halogens is 1. The lowest BCUT2D eigenvalue weighted by Gasteiger charge is -2.13. The highest BCUT2D eigenvalue weighted by molar-refractivity contribution is 7.15. The van der Waals surface area contributed by atoms with Crippen molar-refractivity contribution in [2.75, 3.05) is 65.9 Å². The monoisotopic (exact) mass is 949 g/mol. The number of amides is 2. The molecule has 2 N–H and O–H groups in total. The van der Waals surface area contributed by atoms with Crippen molar-refractivity contribution in [1.29, 1.82) is 0 Å². The van der Waals surface area contributed by atoms with Crippen LogP contribution >= 0.6 is 34.3 Å². The largest absolute Gasteiger partial charge is 0.377 e. The first-order valence-electron chi connectivity index (χ1n) is 22.4. The fourth-order valence-corrected chi connectivity index (χ4v) is 10.6. The van der Waals surface area contributed by atoms with Gasteiger partial charge in [0.2, 0.25) is 5.91 Å². The number of hydrogen-bond donors (Lipinski definition) is 2. The molecule has 2 amide bonds. The van der Waals surface area contributed by atoms with E-state index in [-0.39, 0.29) is 18.2 Å². The van der Waals surface area contributed by atoms with Gasteiger partial charge in [0.05, 0.1) is 65.0 Å². The van der Waals surface area contributed by atoms with Crippen molar-refractivity contribution in [2.45, 2.75) is 60.5 Å². The molecule has 5 heterocycles. The van der Waals surface area contributed by atoms with Crippen LogP contribution in [0.5, 0.6) is 0 Å². The second kappa shape index (κ2) is 21.6. The molecular formula is C50H56ClN7O6S2. The number of nitrogens with one attached hydrogen (secondary N) is 2. The highest BCUT2D eigenvalue weighted by Gasteiger charge is 2.32. The summed E-state index contributed by atoms with van der Waals surface area (Å²) >= 11 is 9.73. The van der Waals surface area contributed by atoms with E-state index in [4.69, 9.17) is 35.5 Å². The number of rotatable bonds is 21. The molecule has 0 saturated carbocycles. The van der Waals surface area contributed by atoms with E-state index in [0.717, 1.165) is 56.1 Å². The Kier molecular flexibility index (Phi) is 15.4. The first-order chi connectivity index (χ1) is 32.0. The quantitative estimate of drug-likeness (QED) is 0.0680. The van der Waals surface area contributed by atoms with Crippen LogP contribution in [0, 0.1) is 34.6 Å². The first-order valence-corrected chi connectivity index (χ1v) is 24.4. The Morgan fingerprint density at radius 3 is 2.05 bits per heavy atom. The molecule has 1 atom stereocenters. The molecule has 0 aliphatic carbocycles. The maximum Gasteiger partial charge on any atom is 0.251 e. The predicted octanol–water partition coefficient (Wildman–Crippen LogP) is 9.28. The zero-order valence-electron chi connectivity index (χ0n) is 38.3. The Balaban J connectivity index is 0.688. The molecule has 13 nitrogen and oxygen atoms in total. The van der Waals surface area contributed by atoms with Crippen molar-refractivity contribution in [3.8, 4) is 15.4 Å². The number of thiophene rings is 2. The first kappa shape index (κ1) is 47.2. The molecule has 66 heavy (non-hydrogen) atoms. The lowest BCUT2D eigenvalue weighted by Crippen LogP contribution is -2.29. The van der Waals surface area contributed by atoms with Crippen molar-refractivity contribution in [3.05, 3.63) is 121 Å². The van der Waals surface area contributed by atoms with Gasteiger partial charge in [0.25, 0.3) is 5.91 Å². The van der Waals surface area contributed by atoms with Crippen LogP contribution in [0.4, 0.5) is 0 Å². The molecule has 7 aromatic rings. The third-order valence-corrected chi connectivity index (χ3v) is 14.5. The summed E-state index contributed by atoms with van der Waals surface area (Å²) < 4.78 is 27.0. The summed E-state index contributed by atoms with van der Waals surface area (Å²) in [6.45, 7) is 17.3. The molecule has 4 aromatic heterocycles. The maximum atomic E-state index is 13.2. The van der Waals surface area contributed by atoms with Crippen LogP contribution in [0.15, 0.2) is 71.7 Å². The van der Waals surface area contributed by atoms with E-state index in [0.29, 0.717) is 82.4 Å². The molecule has 0 saturated heterocycles. The van der Waals surface area contributed by atoms with Gasteiger partial charge < -0.3 is 34.1 Å². The molecule has 1 aliphatic heterocycles. The zero-order valence-corrected chi connectivity index (χ0v) is 40.7. The fourth-order valence-electron chi connectivity index (χ4n) is 8.19. The summed E-state index contributed by atoms with van der Waals surface area (Å²) in [5.74, 6) is 1.09. The van der Waals surface area contributed by atoms with Crippen LogP contribution in [-0.2, 0) is 30.3 Å². The van der Waals surface area contributed by atoms with Gasteiger partial charge in [-0.25, -0.2) is 0 Å². The van der Waals surface area contributed by atoms with Crippen LogP contribution in [0.2, 0.25) is 5.02 Å². The minimum Gasteiger partial charge on any atom is -0.377 e. The number of aryl methyl sites for hydroxylation is 5. The third-order valence-electron chi connectivity index (χ3n) is 11.8. The number of fused-ring (bicyclic) bond motifs is 6. The van der Waals surface area contributed by atoms with Gasteiger partial charge in [0.1, 0.15) is 16.9 Å². The normalized spacial score (nSPS) is 13.5. The smallest absolute Gasteiger partial charge is 0.251 e. The van der Waals surface area contributed by atoms with Gasteiger partial charge >= 0.3 is 0 Å². The number of carbonyl (C=O) groups is 2. The average molecular weight is 951 g/mol. The van der Waals surface area contributed by atoms with Crippen LogP contribution in [-0.4, -0.2) is 103 Å². The maximum absolute atomic E-state index is 13.2. The minimum atomic E-state index is -0.540. The second-order valence-corrected chi connectivity index (χ2v) is 19.1. The van der Waals surface area contributed by atoms with E-state index in [1.807, 2.05) is 65.3 Å². The van der Waals surface area contributed by atoms with Crippen LogP contribution in [0.25, 0.3) is 37.2 Å². The molecule has 16 heteroatoms. The number of nitrogens with zero attached hydrogens (tertiary/aromatic N) is 5. The SMILES string of the molecule is CCn1c2ccc(C(=O)NCCOCCOCCOCCOCCNC(=O)C[C@@H]3N=C(c4ccc(Cl)cc4)c4c(sc(C)c4C)-n4c(C)nnc43)cc2c2ccc(-c3cc(C)c(C)s3)cc21. The zero-order chi connectivity index (χ0) is 46.3. The Labute approximate surface area is 398 Å². The van der Waals surface area contributed by atoms with E-state index in [9.17, 15) is 9.59 Å². The molecule has 1 aliphatic rings.